The summed E-state index contributed by atoms with van der Waals surface area (Å²) in [5, 5.41) is 0. The van der Waals surface area contributed by atoms with Gasteiger partial charge < -0.3 is 5.73 Å². The van der Waals surface area contributed by atoms with Crippen molar-refractivity contribution in [2.24, 2.45) is 5.92 Å². The Morgan fingerprint density at radius 2 is 1.71 bits per heavy atom. The van der Waals surface area contributed by atoms with E-state index in [0.29, 0.717) is 34.2 Å². The fourth-order valence-electron chi connectivity index (χ4n) is 3.35. The summed E-state index contributed by atoms with van der Waals surface area (Å²) in [4.78, 5) is 0.375. The third kappa shape index (κ3) is 4.20. The van der Waals surface area contributed by atoms with Gasteiger partial charge in [-0.1, -0.05) is 32.1 Å². The van der Waals surface area contributed by atoms with Gasteiger partial charge in [0.05, 0.1) is 4.90 Å². The summed E-state index contributed by atoms with van der Waals surface area (Å²) < 4.78 is 27.7. The van der Waals surface area contributed by atoms with E-state index in [0.717, 1.165) is 6.42 Å². The largest absolute Gasteiger partial charge is 0.399 e. The minimum absolute atomic E-state index is 0.375. The lowest BCUT2D eigenvalue weighted by molar-refractivity contribution is 0.339. The van der Waals surface area contributed by atoms with Crippen molar-refractivity contribution in [3.05, 3.63) is 23.3 Å². The van der Waals surface area contributed by atoms with Crippen LogP contribution in [0.1, 0.15) is 49.7 Å². The number of aryl methyl sites for hydroxylation is 2. The molecular formula is C16H26N2O2S. The Labute approximate surface area is 128 Å². The molecule has 3 N–H and O–H groups in total. The number of anilines is 1. The zero-order valence-electron chi connectivity index (χ0n) is 13.0. The molecule has 5 heteroatoms. The molecule has 0 aliphatic heterocycles. The first kappa shape index (κ1) is 16.3. The van der Waals surface area contributed by atoms with Crippen molar-refractivity contribution in [1.29, 1.82) is 0 Å². The van der Waals surface area contributed by atoms with Crippen LogP contribution in [0.25, 0.3) is 0 Å². The number of nitrogens with one attached hydrogen (secondary N) is 1. The van der Waals surface area contributed by atoms with E-state index in [9.17, 15) is 8.42 Å². The molecule has 1 aromatic carbocycles. The summed E-state index contributed by atoms with van der Waals surface area (Å²) in [5.74, 6) is 0.676. The van der Waals surface area contributed by atoms with Crippen LogP contribution >= 0.6 is 0 Å². The number of hydrogen-bond donors (Lipinski definition) is 2. The minimum Gasteiger partial charge on any atom is -0.399 e. The van der Waals surface area contributed by atoms with Gasteiger partial charge in [0.1, 0.15) is 0 Å². The molecular weight excluding hydrogens is 284 g/mol. The average Bonchev–Trinajstić information content (AvgIpc) is 2.38. The lowest BCUT2D eigenvalue weighted by atomic mass is 9.87. The van der Waals surface area contributed by atoms with E-state index >= 15 is 0 Å². The fourth-order valence-corrected chi connectivity index (χ4v) is 4.85. The van der Waals surface area contributed by atoms with Crippen molar-refractivity contribution in [1.82, 2.24) is 4.72 Å². The van der Waals surface area contributed by atoms with Gasteiger partial charge >= 0.3 is 0 Å². The fraction of sp³-hybridized carbons (Fsp3) is 0.625. The third-order valence-corrected chi connectivity index (χ3v) is 6.09. The molecule has 0 aromatic heterocycles. The van der Waals surface area contributed by atoms with Crippen molar-refractivity contribution in [3.63, 3.8) is 0 Å². The Balaban J connectivity index is 2.01. The summed E-state index contributed by atoms with van der Waals surface area (Å²) in [6.45, 7) is 4.11. The third-order valence-electron chi connectivity index (χ3n) is 4.32. The topological polar surface area (TPSA) is 72.2 Å². The number of nitrogens with two attached hydrogens (primary N) is 1. The molecule has 2 rings (SSSR count). The second-order valence-corrected chi connectivity index (χ2v) is 7.88. The number of sulfonamides is 1. The van der Waals surface area contributed by atoms with Crippen LogP contribution in [0.4, 0.5) is 5.69 Å². The number of benzene rings is 1. The summed E-state index contributed by atoms with van der Waals surface area (Å²) in [6.07, 6.45) is 7.31. The first-order valence-electron chi connectivity index (χ1n) is 7.76. The van der Waals surface area contributed by atoms with E-state index in [1.165, 1.54) is 32.1 Å². The second kappa shape index (κ2) is 6.79. The molecule has 1 fully saturated rings. The Bertz CT molecular complexity index is 567. The maximum atomic E-state index is 12.5. The number of rotatable bonds is 5. The Morgan fingerprint density at radius 3 is 2.29 bits per heavy atom. The van der Waals surface area contributed by atoms with E-state index < -0.39 is 10.0 Å². The molecule has 0 bridgehead atoms. The van der Waals surface area contributed by atoms with Gasteiger partial charge in [0.25, 0.3) is 0 Å². The summed E-state index contributed by atoms with van der Waals surface area (Å²) in [5.41, 5.74) is 7.77. The predicted molar refractivity (Wildman–Crippen MR) is 86.7 cm³/mol. The van der Waals surface area contributed by atoms with Crippen LogP contribution in [0.5, 0.6) is 0 Å². The van der Waals surface area contributed by atoms with Gasteiger partial charge in [0.2, 0.25) is 10.0 Å². The highest BCUT2D eigenvalue weighted by atomic mass is 32.2. The lowest BCUT2D eigenvalue weighted by Crippen LogP contribution is -2.28. The minimum atomic E-state index is -3.44. The lowest BCUT2D eigenvalue weighted by Gasteiger charge is -2.21. The molecule has 21 heavy (non-hydrogen) atoms. The quantitative estimate of drug-likeness (QED) is 0.821. The molecule has 1 aliphatic carbocycles. The molecule has 1 aliphatic rings. The molecule has 0 unspecified atom stereocenters. The van der Waals surface area contributed by atoms with Crippen LogP contribution in [-0.4, -0.2) is 15.0 Å². The first-order valence-corrected chi connectivity index (χ1v) is 9.25. The Morgan fingerprint density at radius 1 is 1.14 bits per heavy atom. The Kier molecular flexibility index (Phi) is 5.27. The van der Waals surface area contributed by atoms with Gasteiger partial charge in [-0.2, -0.15) is 0 Å². The van der Waals surface area contributed by atoms with Crippen LogP contribution in [0.3, 0.4) is 0 Å². The molecule has 1 aromatic rings. The molecule has 4 nitrogen and oxygen atoms in total. The monoisotopic (exact) mass is 310 g/mol. The van der Waals surface area contributed by atoms with Crippen LogP contribution in [0, 0.1) is 19.8 Å². The smallest absolute Gasteiger partial charge is 0.241 e. The average molecular weight is 310 g/mol. The molecule has 0 atom stereocenters. The first-order chi connectivity index (χ1) is 9.90. The van der Waals surface area contributed by atoms with E-state index in [1.54, 1.807) is 26.0 Å². The standard InChI is InChI=1S/C16H26N2O2S/c1-12-10-15(17)11-13(2)16(12)21(19,20)18-9-8-14-6-4-3-5-7-14/h10-11,14,18H,3-9,17H2,1-2H3. The zero-order valence-corrected chi connectivity index (χ0v) is 13.8. The molecule has 0 spiro atoms. The molecule has 0 heterocycles. The van der Waals surface area contributed by atoms with Crippen molar-refractivity contribution in [2.45, 2.75) is 57.3 Å². The normalized spacial score (nSPS) is 17.0. The van der Waals surface area contributed by atoms with Crippen LogP contribution < -0.4 is 10.5 Å². The van der Waals surface area contributed by atoms with Crippen LogP contribution in [0.2, 0.25) is 0 Å². The van der Waals surface area contributed by atoms with Crippen molar-refractivity contribution < 1.29 is 8.42 Å². The number of nitrogen functional groups attached to an aromatic ring is 1. The van der Waals surface area contributed by atoms with Gasteiger partial charge in [-0.15, -0.1) is 0 Å². The highest BCUT2D eigenvalue weighted by Gasteiger charge is 2.20. The van der Waals surface area contributed by atoms with Gasteiger partial charge in [-0.3, -0.25) is 0 Å². The Hall–Kier alpha value is -1.07. The molecule has 0 amide bonds. The van der Waals surface area contributed by atoms with E-state index in [2.05, 4.69) is 4.72 Å². The van der Waals surface area contributed by atoms with Crippen molar-refractivity contribution in [3.8, 4) is 0 Å². The van der Waals surface area contributed by atoms with Crippen molar-refractivity contribution >= 4 is 15.7 Å². The maximum Gasteiger partial charge on any atom is 0.241 e. The number of hydrogen-bond acceptors (Lipinski definition) is 3. The van der Waals surface area contributed by atoms with Gasteiger partial charge in [0.15, 0.2) is 0 Å². The predicted octanol–water partition coefficient (Wildman–Crippen LogP) is 3.13. The van der Waals surface area contributed by atoms with Crippen LogP contribution in [-0.2, 0) is 10.0 Å². The second-order valence-electron chi connectivity index (χ2n) is 6.17. The molecule has 0 radical (unpaired) electrons. The molecule has 118 valence electrons. The summed E-state index contributed by atoms with van der Waals surface area (Å²) in [7, 11) is -3.44. The van der Waals surface area contributed by atoms with Gasteiger partial charge in [-0.05, 0) is 49.4 Å². The van der Waals surface area contributed by atoms with E-state index in [1.807, 2.05) is 0 Å². The van der Waals surface area contributed by atoms with Gasteiger partial charge in [0, 0.05) is 12.2 Å². The SMILES string of the molecule is Cc1cc(N)cc(C)c1S(=O)(=O)NCCC1CCCCC1. The molecule has 1 saturated carbocycles. The summed E-state index contributed by atoms with van der Waals surface area (Å²) >= 11 is 0. The molecule has 0 saturated heterocycles. The summed E-state index contributed by atoms with van der Waals surface area (Å²) in [6, 6.07) is 3.42. The van der Waals surface area contributed by atoms with Gasteiger partial charge in [-0.25, -0.2) is 13.1 Å². The zero-order chi connectivity index (χ0) is 15.5. The van der Waals surface area contributed by atoms with E-state index in [-0.39, 0.29) is 0 Å². The highest BCUT2D eigenvalue weighted by molar-refractivity contribution is 7.89. The highest BCUT2D eigenvalue weighted by Crippen LogP contribution is 2.26. The van der Waals surface area contributed by atoms with Crippen molar-refractivity contribution in [2.75, 3.05) is 12.3 Å². The maximum absolute atomic E-state index is 12.5. The van der Waals surface area contributed by atoms with E-state index in [4.69, 9.17) is 5.73 Å². The van der Waals surface area contributed by atoms with Crippen LogP contribution in [0.15, 0.2) is 17.0 Å².